The third-order valence-corrected chi connectivity index (χ3v) is 5.26. The van der Waals surface area contributed by atoms with Gasteiger partial charge in [0.05, 0.1) is 12.2 Å². The molecule has 0 fully saturated rings. The number of hydrogen-bond acceptors (Lipinski definition) is 3. The number of aryl methyl sites for hydroxylation is 2. The summed E-state index contributed by atoms with van der Waals surface area (Å²) in [7, 11) is 0. The van der Waals surface area contributed by atoms with Crippen molar-refractivity contribution >= 4 is 17.5 Å². The number of rotatable bonds is 6. The average Bonchev–Trinajstić information content (AvgIpc) is 3.17. The van der Waals surface area contributed by atoms with Crippen LogP contribution < -0.4 is 5.32 Å². The van der Waals surface area contributed by atoms with Crippen LogP contribution in [0.5, 0.6) is 0 Å². The van der Waals surface area contributed by atoms with Gasteiger partial charge in [0, 0.05) is 29.1 Å². The normalized spacial score (nSPS) is 12.9. The van der Waals surface area contributed by atoms with Crippen molar-refractivity contribution in [3.05, 3.63) is 94.8 Å². The van der Waals surface area contributed by atoms with E-state index in [0.29, 0.717) is 24.4 Å². The number of amides is 2. The zero-order valence-corrected chi connectivity index (χ0v) is 17.2. The van der Waals surface area contributed by atoms with E-state index >= 15 is 0 Å². The Balaban J connectivity index is 1.36. The summed E-state index contributed by atoms with van der Waals surface area (Å²) in [5, 5.41) is 7.40. The molecule has 0 aliphatic carbocycles. The number of nitrogens with one attached hydrogen (secondary N) is 1. The summed E-state index contributed by atoms with van der Waals surface area (Å²) in [6.45, 7) is 9.03. The van der Waals surface area contributed by atoms with Crippen LogP contribution in [0.1, 0.15) is 38.4 Å². The fourth-order valence-corrected chi connectivity index (χ4v) is 3.75. The van der Waals surface area contributed by atoms with E-state index in [-0.39, 0.29) is 18.4 Å². The largest absolute Gasteiger partial charge is 0.350 e. The van der Waals surface area contributed by atoms with Crippen LogP contribution in [0.4, 0.5) is 0 Å². The molecule has 6 heteroatoms. The minimum Gasteiger partial charge on any atom is -0.350 e. The topological polar surface area (TPSA) is 67.2 Å². The van der Waals surface area contributed by atoms with Crippen molar-refractivity contribution in [1.29, 1.82) is 0 Å². The van der Waals surface area contributed by atoms with Crippen molar-refractivity contribution in [1.82, 2.24) is 20.0 Å². The van der Waals surface area contributed by atoms with Gasteiger partial charge in [-0.2, -0.15) is 5.10 Å². The van der Waals surface area contributed by atoms with Crippen LogP contribution in [0, 0.1) is 13.8 Å². The molecule has 3 aromatic rings. The molecule has 0 unspecified atom stereocenters. The van der Waals surface area contributed by atoms with E-state index < -0.39 is 0 Å². The van der Waals surface area contributed by atoms with E-state index in [4.69, 9.17) is 0 Å². The summed E-state index contributed by atoms with van der Waals surface area (Å²) in [5.74, 6) is -0.404. The maximum absolute atomic E-state index is 12.5. The highest BCUT2D eigenvalue weighted by Crippen LogP contribution is 2.30. The molecule has 0 saturated carbocycles. The molecule has 0 radical (unpaired) electrons. The monoisotopic (exact) mass is 400 g/mol. The molecule has 30 heavy (non-hydrogen) atoms. The molecule has 0 spiro atoms. The van der Waals surface area contributed by atoms with Crippen molar-refractivity contribution in [3.8, 4) is 0 Å². The summed E-state index contributed by atoms with van der Waals surface area (Å²) in [6, 6.07) is 17.4. The molecule has 2 amide bonds. The first kappa shape index (κ1) is 19.6. The Morgan fingerprint density at radius 3 is 2.47 bits per heavy atom. The molecule has 4 rings (SSSR count). The minimum absolute atomic E-state index is 0.0439. The van der Waals surface area contributed by atoms with Crippen molar-refractivity contribution in [2.45, 2.75) is 26.9 Å². The summed E-state index contributed by atoms with van der Waals surface area (Å²) in [5.41, 5.74) is 6.17. The number of benzene rings is 2. The second kappa shape index (κ2) is 7.99. The van der Waals surface area contributed by atoms with Gasteiger partial charge in [0.1, 0.15) is 6.54 Å². The average molecular weight is 400 g/mol. The highest BCUT2D eigenvalue weighted by molar-refractivity contribution is 6.10. The van der Waals surface area contributed by atoms with Crippen LogP contribution in [-0.4, -0.2) is 33.0 Å². The second-order valence-electron chi connectivity index (χ2n) is 7.57. The third kappa shape index (κ3) is 3.89. The Bertz CT molecular complexity index is 1110. The maximum atomic E-state index is 12.5. The summed E-state index contributed by atoms with van der Waals surface area (Å²) in [6.07, 6.45) is 0. The standard InChI is InChI=1S/C24H24N4O2/c1-16-11-17(2)28(26-16)14-20-8-6-7-19(12-20)13-25-23(29)15-27-18(3)21-9-4-5-10-22(21)24(27)30/h4-12H,3,13-15H2,1-2H3,(H,25,29). The van der Waals surface area contributed by atoms with Gasteiger partial charge in [0.15, 0.2) is 0 Å². The minimum atomic E-state index is -0.221. The van der Waals surface area contributed by atoms with Crippen LogP contribution in [-0.2, 0) is 17.9 Å². The van der Waals surface area contributed by atoms with Crippen LogP contribution in [0.25, 0.3) is 5.70 Å². The Labute approximate surface area is 175 Å². The SMILES string of the molecule is C=C1c2ccccc2C(=O)N1CC(=O)NCc1cccc(Cn2nc(C)cc2C)c1. The summed E-state index contributed by atoms with van der Waals surface area (Å²) < 4.78 is 1.97. The maximum Gasteiger partial charge on any atom is 0.259 e. The van der Waals surface area contributed by atoms with Crippen LogP contribution in [0.3, 0.4) is 0 Å². The fraction of sp³-hybridized carbons (Fsp3) is 0.208. The zero-order valence-electron chi connectivity index (χ0n) is 17.2. The van der Waals surface area contributed by atoms with E-state index in [9.17, 15) is 9.59 Å². The van der Waals surface area contributed by atoms with Gasteiger partial charge in [-0.15, -0.1) is 0 Å². The quantitative estimate of drug-likeness (QED) is 0.690. The van der Waals surface area contributed by atoms with Gasteiger partial charge < -0.3 is 5.32 Å². The van der Waals surface area contributed by atoms with Crippen LogP contribution >= 0.6 is 0 Å². The summed E-state index contributed by atoms with van der Waals surface area (Å²) >= 11 is 0. The molecule has 1 aliphatic heterocycles. The molecular formula is C24H24N4O2. The highest BCUT2D eigenvalue weighted by atomic mass is 16.2. The van der Waals surface area contributed by atoms with E-state index in [1.54, 1.807) is 6.07 Å². The molecule has 0 atom stereocenters. The number of carbonyl (C=O) groups is 2. The van der Waals surface area contributed by atoms with Crippen LogP contribution in [0.2, 0.25) is 0 Å². The van der Waals surface area contributed by atoms with Crippen molar-refractivity contribution < 1.29 is 9.59 Å². The Morgan fingerprint density at radius 1 is 1.03 bits per heavy atom. The number of hydrogen-bond donors (Lipinski definition) is 1. The van der Waals surface area contributed by atoms with Crippen molar-refractivity contribution in [3.63, 3.8) is 0 Å². The Hall–Kier alpha value is -3.67. The van der Waals surface area contributed by atoms with Gasteiger partial charge in [-0.25, -0.2) is 0 Å². The van der Waals surface area contributed by atoms with Gasteiger partial charge >= 0.3 is 0 Å². The van der Waals surface area contributed by atoms with Crippen molar-refractivity contribution in [2.24, 2.45) is 0 Å². The van der Waals surface area contributed by atoms with Gasteiger partial charge in [-0.3, -0.25) is 19.2 Å². The van der Waals surface area contributed by atoms with Gasteiger partial charge in [-0.05, 0) is 37.1 Å². The molecule has 6 nitrogen and oxygen atoms in total. The van der Waals surface area contributed by atoms with Crippen molar-refractivity contribution in [2.75, 3.05) is 6.54 Å². The lowest BCUT2D eigenvalue weighted by molar-refractivity contribution is -0.121. The fourth-order valence-electron chi connectivity index (χ4n) is 3.75. The molecule has 1 aromatic heterocycles. The first-order chi connectivity index (χ1) is 14.4. The molecule has 0 bridgehead atoms. The Morgan fingerprint density at radius 2 is 1.77 bits per heavy atom. The lowest BCUT2D eigenvalue weighted by atomic mass is 10.1. The molecule has 1 aliphatic rings. The van der Waals surface area contributed by atoms with Gasteiger partial charge in [0.2, 0.25) is 5.91 Å². The van der Waals surface area contributed by atoms with E-state index in [2.05, 4.69) is 29.1 Å². The molecule has 1 N–H and O–H groups in total. The zero-order chi connectivity index (χ0) is 21.3. The smallest absolute Gasteiger partial charge is 0.259 e. The molecule has 2 heterocycles. The number of carbonyl (C=O) groups excluding carboxylic acids is 2. The second-order valence-corrected chi connectivity index (χ2v) is 7.57. The van der Waals surface area contributed by atoms with E-state index in [0.717, 1.165) is 28.1 Å². The highest BCUT2D eigenvalue weighted by Gasteiger charge is 2.31. The molecule has 2 aromatic carbocycles. The van der Waals surface area contributed by atoms with Gasteiger partial charge in [-0.1, -0.05) is 49.0 Å². The predicted molar refractivity (Wildman–Crippen MR) is 116 cm³/mol. The van der Waals surface area contributed by atoms with Gasteiger partial charge in [0.25, 0.3) is 5.91 Å². The van der Waals surface area contributed by atoms with Crippen LogP contribution in [0.15, 0.2) is 61.2 Å². The Kier molecular flexibility index (Phi) is 5.23. The molecular weight excluding hydrogens is 376 g/mol. The third-order valence-electron chi connectivity index (χ3n) is 5.26. The van der Waals surface area contributed by atoms with E-state index in [1.807, 2.05) is 54.9 Å². The summed E-state index contributed by atoms with van der Waals surface area (Å²) in [4.78, 5) is 26.4. The lowest BCUT2D eigenvalue weighted by Crippen LogP contribution is -2.36. The predicted octanol–water partition coefficient (Wildman–Crippen LogP) is 3.29. The van der Waals surface area contributed by atoms with E-state index in [1.165, 1.54) is 4.90 Å². The first-order valence-corrected chi connectivity index (χ1v) is 9.88. The first-order valence-electron chi connectivity index (χ1n) is 9.88. The lowest BCUT2D eigenvalue weighted by Gasteiger charge is -2.17. The molecule has 0 saturated heterocycles. The number of nitrogens with zero attached hydrogens (tertiary/aromatic N) is 3. The molecule has 152 valence electrons. The number of fused-ring (bicyclic) bond motifs is 1. The number of aromatic nitrogens is 2.